The Balaban J connectivity index is 2.05. The second-order valence-corrected chi connectivity index (χ2v) is 5.20. The molecular weight excluding hydrogens is 247 g/mol. The lowest BCUT2D eigenvalue weighted by molar-refractivity contribution is 0.627. The van der Waals surface area contributed by atoms with E-state index in [4.69, 9.17) is 5.26 Å². The molecule has 92 valence electrons. The number of hydrogen-bond acceptors (Lipinski definition) is 3. The molecule has 1 aromatic carbocycles. The van der Waals surface area contributed by atoms with Gasteiger partial charge in [0.15, 0.2) is 0 Å². The Hall–Kier alpha value is -1.86. The van der Waals surface area contributed by atoms with Gasteiger partial charge < -0.3 is 5.32 Å². The minimum atomic E-state index is -0.389. The van der Waals surface area contributed by atoms with E-state index in [0.717, 1.165) is 6.42 Å². The summed E-state index contributed by atoms with van der Waals surface area (Å²) in [5.74, 6) is -0.389. The van der Waals surface area contributed by atoms with Crippen molar-refractivity contribution in [3.8, 4) is 6.07 Å². The molecule has 1 atom stereocenters. The minimum Gasteiger partial charge on any atom is -0.382 e. The highest BCUT2D eigenvalue weighted by molar-refractivity contribution is 7.09. The molecule has 1 aromatic heterocycles. The molecule has 0 radical (unpaired) electrons. The van der Waals surface area contributed by atoms with Crippen LogP contribution in [-0.4, -0.2) is 6.04 Å². The monoisotopic (exact) mass is 260 g/mol. The van der Waals surface area contributed by atoms with Gasteiger partial charge in [-0.25, -0.2) is 4.39 Å². The smallest absolute Gasteiger partial charge is 0.126 e. The van der Waals surface area contributed by atoms with Crippen molar-refractivity contribution < 1.29 is 4.39 Å². The average molecular weight is 260 g/mol. The van der Waals surface area contributed by atoms with E-state index in [0.29, 0.717) is 11.3 Å². The van der Waals surface area contributed by atoms with E-state index in [1.54, 1.807) is 17.4 Å². The van der Waals surface area contributed by atoms with Crippen LogP contribution in [0.2, 0.25) is 0 Å². The van der Waals surface area contributed by atoms with Crippen LogP contribution in [0.5, 0.6) is 0 Å². The molecule has 1 heterocycles. The van der Waals surface area contributed by atoms with Crippen molar-refractivity contribution in [2.45, 2.75) is 19.4 Å². The maximum atomic E-state index is 13.3. The molecule has 0 aliphatic heterocycles. The zero-order valence-electron chi connectivity index (χ0n) is 9.98. The Kier molecular flexibility index (Phi) is 3.96. The van der Waals surface area contributed by atoms with Crippen LogP contribution < -0.4 is 5.32 Å². The third-order valence-corrected chi connectivity index (χ3v) is 3.43. The molecule has 0 fully saturated rings. The predicted octanol–water partition coefficient (Wildman–Crippen LogP) is 3.80. The van der Waals surface area contributed by atoms with Gasteiger partial charge in [0.05, 0.1) is 11.6 Å². The molecule has 0 aliphatic carbocycles. The van der Waals surface area contributed by atoms with Crippen molar-refractivity contribution in [2.75, 3.05) is 5.32 Å². The lowest BCUT2D eigenvalue weighted by atomic mass is 10.1. The number of anilines is 1. The number of thiophene rings is 1. The highest BCUT2D eigenvalue weighted by Gasteiger charge is 2.06. The lowest BCUT2D eigenvalue weighted by Gasteiger charge is -2.14. The maximum absolute atomic E-state index is 13.3. The fraction of sp³-hybridized carbons (Fsp3) is 0.214. The van der Waals surface area contributed by atoms with Gasteiger partial charge >= 0.3 is 0 Å². The van der Waals surface area contributed by atoms with Gasteiger partial charge in [0.2, 0.25) is 0 Å². The standard InChI is InChI=1S/C14H13FN2S/c1-10(5-14-3-2-4-18-14)17-13-7-11(9-16)6-12(15)8-13/h2-4,6-8,10,17H,5H2,1H3. The van der Waals surface area contributed by atoms with Gasteiger partial charge in [0.1, 0.15) is 5.82 Å². The average Bonchev–Trinajstić information content (AvgIpc) is 2.80. The van der Waals surface area contributed by atoms with E-state index in [2.05, 4.69) is 11.4 Å². The second kappa shape index (κ2) is 5.65. The Labute approximate surface area is 110 Å². The van der Waals surface area contributed by atoms with Crippen molar-refractivity contribution in [2.24, 2.45) is 0 Å². The van der Waals surface area contributed by atoms with E-state index in [1.807, 2.05) is 24.4 Å². The van der Waals surface area contributed by atoms with Crippen molar-refractivity contribution in [1.82, 2.24) is 0 Å². The lowest BCUT2D eigenvalue weighted by Crippen LogP contribution is -2.17. The first-order valence-electron chi connectivity index (χ1n) is 5.67. The molecule has 0 bridgehead atoms. The van der Waals surface area contributed by atoms with Crippen LogP contribution in [0.1, 0.15) is 17.4 Å². The molecule has 2 nitrogen and oxygen atoms in total. The molecule has 0 amide bonds. The summed E-state index contributed by atoms with van der Waals surface area (Å²) in [6.07, 6.45) is 0.885. The fourth-order valence-electron chi connectivity index (χ4n) is 1.80. The van der Waals surface area contributed by atoms with E-state index < -0.39 is 0 Å². The van der Waals surface area contributed by atoms with Gasteiger partial charge in [-0.05, 0) is 36.6 Å². The maximum Gasteiger partial charge on any atom is 0.126 e. The van der Waals surface area contributed by atoms with Gasteiger partial charge in [-0.1, -0.05) is 6.07 Å². The molecule has 1 unspecified atom stereocenters. The van der Waals surface area contributed by atoms with Crippen LogP contribution in [0, 0.1) is 17.1 Å². The summed E-state index contributed by atoms with van der Waals surface area (Å²) < 4.78 is 13.3. The Morgan fingerprint density at radius 2 is 2.28 bits per heavy atom. The Morgan fingerprint density at radius 3 is 2.94 bits per heavy atom. The number of nitriles is 1. The molecule has 1 N–H and O–H groups in total. The van der Waals surface area contributed by atoms with Crippen molar-refractivity contribution >= 4 is 17.0 Å². The summed E-state index contributed by atoms with van der Waals surface area (Å²) in [5, 5.41) is 14.0. The van der Waals surface area contributed by atoms with Crippen LogP contribution in [0.4, 0.5) is 10.1 Å². The quantitative estimate of drug-likeness (QED) is 0.907. The van der Waals surface area contributed by atoms with Crippen molar-refractivity contribution in [3.63, 3.8) is 0 Å². The number of nitrogens with one attached hydrogen (secondary N) is 1. The minimum absolute atomic E-state index is 0.192. The SMILES string of the molecule is CC(Cc1cccs1)Nc1cc(F)cc(C#N)c1. The number of halogens is 1. The molecule has 0 saturated carbocycles. The summed E-state index contributed by atoms with van der Waals surface area (Å²) in [6, 6.07) is 10.5. The number of nitrogens with zero attached hydrogens (tertiary/aromatic N) is 1. The van der Waals surface area contributed by atoms with E-state index in [-0.39, 0.29) is 11.9 Å². The first-order valence-corrected chi connectivity index (χ1v) is 6.55. The predicted molar refractivity (Wildman–Crippen MR) is 72.2 cm³/mol. The second-order valence-electron chi connectivity index (χ2n) is 4.17. The number of benzene rings is 1. The normalized spacial score (nSPS) is 11.8. The Morgan fingerprint density at radius 1 is 1.44 bits per heavy atom. The fourth-order valence-corrected chi connectivity index (χ4v) is 2.64. The molecule has 2 aromatic rings. The zero-order valence-corrected chi connectivity index (χ0v) is 10.8. The summed E-state index contributed by atoms with van der Waals surface area (Å²) in [5.41, 5.74) is 0.983. The Bertz CT molecular complexity index is 558. The third kappa shape index (κ3) is 3.31. The highest BCUT2D eigenvalue weighted by Crippen LogP contribution is 2.17. The zero-order chi connectivity index (χ0) is 13.0. The first kappa shape index (κ1) is 12.6. The van der Waals surface area contributed by atoms with Gasteiger partial charge in [-0.3, -0.25) is 0 Å². The van der Waals surface area contributed by atoms with Gasteiger partial charge in [0, 0.05) is 23.0 Å². The van der Waals surface area contributed by atoms with Crippen LogP contribution in [0.15, 0.2) is 35.7 Å². The molecule has 0 spiro atoms. The van der Waals surface area contributed by atoms with Crippen LogP contribution in [0.3, 0.4) is 0 Å². The van der Waals surface area contributed by atoms with Gasteiger partial charge in [-0.2, -0.15) is 5.26 Å². The van der Waals surface area contributed by atoms with Crippen LogP contribution >= 0.6 is 11.3 Å². The topological polar surface area (TPSA) is 35.8 Å². The molecule has 4 heteroatoms. The summed E-state index contributed by atoms with van der Waals surface area (Å²) in [7, 11) is 0. The van der Waals surface area contributed by atoms with Crippen LogP contribution in [-0.2, 0) is 6.42 Å². The molecule has 0 aliphatic rings. The van der Waals surface area contributed by atoms with E-state index >= 15 is 0 Å². The molecule has 18 heavy (non-hydrogen) atoms. The molecule has 0 saturated heterocycles. The summed E-state index contributed by atoms with van der Waals surface area (Å²) in [4.78, 5) is 1.28. The summed E-state index contributed by atoms with van der Waals surface area (Å²) in [6.45, 7) is 2.04. The van der Waals surface area contributed by atoms with Gasteiger partial charge in [-0.15, -0.1) is 11.3 Å². The van der Waals surface area contributed by atoms with E-state index in [1.165, 1.54) is 17.0 Å². The number of hydrogen-bond donors (Lipinski definition) is 1. The largest absolute Gasteiger partial charge is 0.382 e. The highest BCUT2D eigenvalue weighted by atomic mass is 32.1. The van der Waals surface area contributed by atoms with Crippen molar-refractivity contribution in [3.05, 3.63) is 52.0 Å². The molecule has 2 rings (SSSR count). The van der Waals surface area contributed by atoms with Crippen LogP contribution in [0.25, 0.3) is 0 Å². The van der Waals surface area contributed by atoms with E-state index in [9.17, 15) is 4.39 Å². The summed E-state index contributed by atoms with van der Waals surface area (Å²) >= 11 is 1.71. The van der Waals surface area contributed by atoms with Crippen molar-refractivity contribution in [1.29, 1.82) is 5.26 Å². The first-order chi connectivity index (χ1) is 8.67. The third-order valence-electron chi connectivity index (χ3n) is 2.53. The molecular formula is C14H13FN2S. The number of rotatable bonds is 4. The van der Waals surface area contributed by atoms with Gasteiger partial charge in [0.25, 0.3) is 0 Å².